The minimum Gasteiger partial charge on any atom is -0.480 e. The number of carboxylic acid groups (broad SMARTS) is 1. The van der Waals surface area contributed by atoms with Crippen LogP contribution in [0.2, 0.25) is 0 Å². The molecule has 1 rings (SSSR count). The van der Waals surface area contributed by atoms with Crippen LogP contribution >= 0.6 is 0 Å². The van der Waals surface area contributed by atoms with Gasteiger partial charge in [0, 0.05) is 13.1 Å². The smallest absolute Gasteiger partial charge is 0.322 e. The van der Waals surface area contributed by atoms with E-state index in [1.54, 1.807) is 4.90 Å². The molecule has 0 heterocycles. The maximum atomic E-state index is 11.8. The van der Waals surface area contributed by atoms with Gasteiger partial charge in [0.05, 0.1) is 6.54 Å². The third-order valence-electron chi connectivity index (χ3n) is 3.21. The summed E-state index contributed by atoms with van der Waals surface area (Å²) in [6.07, 6.45) is 3.53. The molecular weight excluding hydrogens is 250 g/mol. The van der Waals surface area contributed by atoms with Crippen LogP contribution in [0.3, 0.4) is 0 Å². The maximum absolute atomic E-state index is 11.8. The van der Waals surface area contributed by atoms with Crippen LogP contribution in [0.25, 0.3) is 0 Å². The average molecular weight is 271 g/mol. The number of rotatable bonds is 7. The second-order valence-corrected chi connectivity index (χ2v) is 4.66. The Hall–Kier alpha value is -1.79. The van der Waals surface area contributed by atoms with E-state index in [-0.39, 0.29) is 12.6 Å². The third-order valence-corrected chi connectivity index (χ3v) is 3.21. The van der Waals surface area contributed by atoms with Crippen molar-refractivity contribution in [2.45, 2.75) is 26.2 Å². The summed E-state index contributed by atoms with van der Waals surface area (Å²) in [5.41, 5.74) is 0. The molecule has 0 unspecified atom stereocenters. The first-order valence-corrected chi connectivity index (χ1v) is 6.54. The molecule has 0 aliphatic heterocycles. The third kappa shape index (κ3) is 5.58. The first-order valence-electron chi connectivity index (χ1n) is 6.54. The molecule has 108 valence electrons. The van der Waals surface area contributed by atoms with Gasteiger partial charge in [0.1, 0.15) is 6.54 Å². The molecular formula is C12H21N3O4. The number of carbonyl (C=O) groups excluding carboxylic acids is 2. The van der Waals surface area contributed by atoms with Crippen molar-refractivity contribution in [2.24, 2.45) is 5.92 Å². The molecule has 0 spiro atoms. The lowest BCUT2D eigenvalue weighted by atomic mass is 9.85. The summed E-state index contributed by atoms with van der Waals surface area (Å²) in [7, 11) is 0. The largest absolute Gasteiger partial charge is 0.480 e. The Morgan fingerprint density at radius 1 is 1.21 bits per heavy atom. The summed E-state index contributed by atoms with van der Waals surface area (Å²) in [6.45, 7) is 2.57. The number of carboxylic acids is 1. The van der Waals surface area contributed by atoms with Gasteiger partial charge in [0.15, 0.2) is 0 Å². The van der Waals surface area contributed by atoms with E-state index >= 15 is 0 Å². The number of hydrogen-bond donors (Lipinski definition) is 3. The summed E-state index contributed by atoms with van der Waals surface area (Å²) in [4.78, 5) is 35.0. The number of aliphatic carboxylic acids is 1. The lowest BCUT2D eigenvalue weighted by Gasteiger charge is -2.31. The van der Waals surface area contributed by atoms with Crippen LogP contribution in [0.5, 0.6) is 0 Å². The molecule has 1 aliphatic carbocycles. The van der Waals surface area contributed by atoms with Crippen LogP contribution in [-0.4, -0.2) is 54.1 Å². The van der Waals surface area contributed by atoms with E-state index in [4.69, 9.17) is 5.11 Å². The first-order chi connectivity index (χ1) is 9.02. The molecule has 3 N–H and O–H groups in total. The van der Waals surface area contributed by atoms with Crippen LogP contribution in [-0.2, 0) is 9.59 Å². The second kappa shape index (κ2) is 7.60. The van der Waals surface area contributed by atoms with Crippen molar-refractivity contribution in [1.82, 2.24) is 15.5 Å². The minimum atomic E-state index is -1.11. The van der Waals surface area contributed by atoms with E-state index < -0.39 is 18.4 Å². The van der Waals surface area contributed by atoms with E-state index in [0.29, 0.717) is 12.5 Å². The summed E-state index contributed by atoms with van der Waals surface area (Å²) >= 11 is 0. The molecule has 1 saturated carbocycles. The van der Waals surface area contributed by atoms with Gasteiger partial charge in [-0.1, -0.05) is 6.42 Å². The predicted octanol–water partition coefficient (Wildman–Crippen LogP) is 0.0188. The highest BCUT2D eigenvalue weighted by molar-refractivity contribution is 5.86. The van der Waals surface area contributed by atoms with E-state index in [9.17, 15) is 14.4 Å². The average Bonchev–Trinajstić information content (AvgIpc) is 2.32. The highest BCUT2D eigenvalue weighted by Crippen LogP contribution is 2.26. The van der Waals surface area contributed by atoms with E-state index in [1.807, 2.05) is 6.92 Å². The number of hydrogen-bond acceptors (Lipinski definition) is 3. The molecule has 0 aromatic carbocycles. The van der Waals surface area contributed by atoms with Crippen molar-refractivity contribution in [3.8, 4) is 0 Å². The van der Waals surface area contributed by atoms with Crippen LogP contribution in [0, 0.1) is 5.92 Å². The van der Waals surface area contributed by atoms with Crippen LogP contribution in [0.1, 0.15) is 26.2 Å². The molecule has 0 radical (unpaired) electrons. The molecule has 1 fully saturated rings. The SMILES string of the molecule is CCN(CC1CCC1)C(=O)NCC(=O)NCC(=O)O. The molecule has 7 heteroatoms. The van der Waals surface area contributed by atoms with Crippen LogP contribution in [0.15, 0.2) is 0 Å². The summed E-state index contributed by atoms with van der Waals surface area (Å²) in [6, 6.07) is -0.278. The van der Waals surface area contributed by atoms with Gasteiger partial charge < -0.3 is 20.6 Å². The maximum Gasteiger partial charge on any atom is 0.322 e. The Morgan fingerprint density at radius 2 is 1.89 bits per heavy atom. The van der Waals surface area contributed by atoms with Crippen molar-refractivity contribution in [3.63, 3.8) is 0 Å². The fourth-order valence-electron chi connectivity index (χ4n) is 1.85. The lowest BCUT2D eigenvalue weighted by Crippen LogP contribution is -2.47. The Balaban J connectivity index is 2.23. The van der Waals surface area contributed by atoms with Gasteiger partial charge in [-0.15, -0.1) is 0 Å². The Kier molecular flexibility index (Phi) is 6.11. The minimum absolute atomic E-state index is 0.201. The number of nitrogens with zero attached hydrogens (tertiary/aromatic N) is 1. The van der Waals surface area contributed by atoms with Gasteiger partial charge in [-0.05, 0) is 25.7 Å². The van der Waals surface area contributed by atoms with E-state index in [1.165, 1.54) is 6.42 Å². The zero-order chi connectivity index (χ0) is 14.3. The normalized spacial score (nSPS) is 14.4. The zero-order valence-corrected chi connectivity index (χ0v) is 11.1. The molecule has 0 aromatic rings. The molecule has 3 amide bonds. The fraction of sp³-hybridized carbons (Fsp3) is 0.750. The van der Waals surface area contributed by atoms with E-state index in [0.717, 1.165) is 19.4 Å². The monoisotopic (exact) mass is 271 g/mol. The number of urea groups is 1. The quantitative estimate of drug-likeness (QED) is 0.608. The highest BCUT2D eigenvalue weighted by atomic mass is 16.4. The molecule has 7 nitrogen and oxygen atoms in total. The lowest BCUT2D eigenvalue weighted by molar-refractivity contribution is -0.137. The molecule has 1 aliphatic rings. The highest BCUT2D eigenvalue weighted by Gasteiger charge is 2.22. The number of amides is 3. The van der Waals surface area contributed by atoms with Gasteiger partial charge in [-0.3, -0.25) is 9.59 Å². The van der Waals surface area contributed by atoms with Gasteiger partial charge >= 0.3 is 12.0 Å². The summed E-state index contributed by atoms with van der Waals surface area (Å²) in [5, 5.41) is 13.1. The van der Waals surface area contributed by atoms with Crippen molar-refractivity contribution in [2.75, 3.05) is 26.2 Å². The standard InChI is InChI=1S/C12H21N3O4/c1-2-15(8-9-4-3-5-9)12(19)14-6-10(16)13-7-11(17)18/h9H,2-8H2,1H3,(H,13,16)(H,14,19)(H,17,18). The Morgan fingerprint density at radius 3 is 2.37 bits per heavy atom. The van der Waals surface area contributed by atoms with Crippen LogP contribution in [0.4, 0.5) is 4.79 Å². The zero-order valence-electron chi connectivity index (χ0n) is 11.1. The fourth-order valence-corrected chi connectivity index (χ4v) is 1.85. The van der Waals surface area contributed by atoms with Crippen LogP contribution < -0.4 is 10.6 Å². The molecule has 19 heavy (non-hydrogen) atoms. The van der Waals surface area contributed by atoms with Gasteiger partial charge in [0.2, 0.25) is 5.91 Å². The van der Waals surface area contributed by atoms with E-state index in [2.05, 4.69) is 10.6 Å². The van der Waals surface area contributed by atoms with Gasteiger partial charge in [-0.2, -0.15) is 0 Å². The first kappa shape index (κ1) is 15.3. The van der Waals surface area contributed by atoms with Gasteiger partial charge in [-0.25, -0.2) is 4.79 Å². The second-order valence-electron chi connectivity index (χ2n) is 4.66. The molecule has 0 saturated heterocycles. The van der Waals surface area contributed by atoms with Gasteiger partial charge in [0.25, 0.3) is 0 Å². The predicted molar refractivity (Wildman–Crippen MR) is 68.6 cm³/mol. The number of carbonyl (C=O) groups is 3. The summed E-state index contributed by atoms with van der Waals surface area (Å²) < 4.78 is 0. The molecule has 0 aromatic heterocycles. The Bertz CT molecular complexity index is 342. The van der Waals surface area contributed by atoms with Crippen molar-refractivity contribution < 1.29 is 19.5 Å². The van der Waals surface area contributed by atoms with Crippen molar-refractivity contribution in [1.29, 1.82) is 0 Å². The van der Waals surface area contributed by atoms with Crippen molar-refractivity contribution >= 4 is 17.9 Å². The topological polar surface area (TPSA) is 98.7 Å². The van der Waals surface area contributed by atoms with Crippen molar-refractivity contribution in [3.05, 3.63) is 0 Å². The molecule has 0 bridgehead atoms. The molecule has 0 atom stereocenters. The summed E-state index contributed by atoms with van der Waals surface area (Å²) in [5.74, 6) is -1.04. The number of nitrogens with one attached hydrogen (secondary N) is 2. The Labute approximate surface area is 112 Å².